The van der Waals surface area contributed by atoms with Gasteiger partial charge in [0.05, 0.1) is 18.5 Å². The number of piperidine rings is 1. The summed E-state index contributed by atoms with van der Waals surface area (Å²) in [6.07, 6.45) is 13.9. The third-order valence-corrected chi connectivity index (χ3v) is 5.83. The molecule has 7 nitrogen and oxygen atoms in total. The minimum Gasteiger partial charge on any atom is -0.497 e. The van der Waals surface area contributed by atoms with Crippen LogP contribution in [0, 0.1) is 11.7 Å². The van der Waals surface area contributed by atoms with Gasteiger partial charge in [0.1, 0.15) is 24.0 Å². The van der Waals surface area contributed by atoms with Crippen LogP contribution in [-0.2, 0) is 9.53 Å². The summed E-state index contributed by atoms with van der Waals surface area (Å²) in [5.41, 5.74) is 2.53. The quantitative estimate of drug-likeness (QED) is 0.202. The molecule has 1 amide bonds. The number of hydrogen-bond donors (Lipinski definition) is 0. The number of fused-ring (bicyclic) bond motifs is 1. The minimum absolute atomic E-state index is 0.0394. The Morgan fingerprint density at radius 2 is 2.08 bits per heavy atom. The summed E-state index contributed by atoms with van der Waals surface area (Å²) in [7, 11) is 3.57. The number of hydrogen-bond acceptors (Lipinski definition) is 6. The number of carbonyl (C=O) groups is 1. The standard InChI is InChI=1S/C28H34FN5O2/c1-21(30-3)20-32(4)16-6-8-23(11-10-22(2)36-5)18-24-9-7-17-33-28(24)31-19-27(35)34(33)26-14-12-25(29)13-15-26/h6,8,10-15,18,20,23H,2-3,7,9,16-17,19H2,1,4-5H3/b8-6-,11-10?,21-20-,24-18+. The lowest BCUT2D eigenvalue weighted by Crippen LogP contribution is -2.56. The van der Waals surface area contributed by atoms with Crippen LogP contribution in [0.25, 0.3) is 0 Å². The lowest BCUT2D eigenvalue weighted by Gasteiger charge is -2.42. The second-order valence-corrected chi connectivity index (χ2v) is 8.64. The van der Waals surface area contributed by atoms with Gasteiger partial charge in [0.15, 0.2) is 0 Å². The van der Waals surface area contributed by atoms with E-state index in [1.165, 1.54) is 12.1 Å². The predicted octanol–water partition coefficient (Wildman–Crippen LogP) is 4.89. The predicted molar refractivity (Wildman–Crippen MR) is 144 cm³/mol. The molecule has 0 aliphatic carbocycles. The van der Waals surface area contributed by atoms with Crippen LogP contribution in [0.5, 0.6) is 0 Å². The maximum Gasteiger partial charge on any atom is 0.267 e. The van der Waals surface area contributed by atoms with Crippen LogP contribution in [0.15, 0.2) is 94.4 Å². The molecule has 1 aromatic rings. The van der Waals surface area contributed by atoms with Crippen LogP contribution in [-0.4, -0.2) is 62.2 Å². The summed E-state index contributed by atoms with van der Waals surface area (Å²) in [4.78, 5) is 23.3. The second-order valence-electron chi connectivity index (χ2n) is 8.64. The fourth-order valence-corrected chi connectivity index (χ4v) is 4.04. The van der Waals surface area contributed by atoms with Crippen LogP contribution in [0.3, 0.4) is 0 Å². The smallest absolute Gasteiger partial charge is 0.267 e. The third-order valence-electron chi connectivity index (χ3n) is 5.83. The highest BCUT2D eigenvalue weighted by atomic mass is 19.1. The molecule has 1 atom stereocenters. The van der Waals surface area contributed by atoms with Crippen molar-refractivity contribution in [1.82, 2.24) is 9.91 Å². The van der Waals surface area contributed by atoms with Gasteiger partial charge in [-0.2, -0.15) is 0 Å². The first-order valence-electron chi connectivity index (χ1n) is 11.9. The summed E-state index contributed by atoms with van der Waals surface area (Å²) in [5, 5.41) is 3.51. The van der Waals surface area contributed by atoms with E-state index in [9.17, 15) is 9.18 Å². The van der Waals surface area contributed by atoms with E-state index in [-0.39, 0.29) is 24.2 Å². The normalized spacial score (nSPS) is 18.4. The molecule has 8 heteroatoms. The van der Waals surface area contributed by atoms with E-state index in [1.807, 2.05) is 42.2 Å². The van der Waals surface area contributed by atoms with Crippen LogP contribution in [0.2, 0.25) is 0 Å². The molecular formula is C28H34FN5O2. The first-order valence-corrected chi connectivity index (χ1v) is 11.9. The topological polar surface area (TPSA) is 60.7 Å². The summed E-state index contributed by atoms with van der Waals surface area (Å²) in [6.45, 7) is 10.7. The van der Waals surface area contributed by atoms with Gasteiger partial charge >= 0.3 is 0 Å². The van der Waals surface area contributed by atoms with E-state index in [4.69, 9.17) is 4.74 Å². The molecule has 1 unspecified atom stereocenters. The van der Waals surface area contributed by atoms with Gasteiger partial charge in [-0.05, 0) is 62.4 Å². The molecule has 2 heterocycles. The molecule has 36 heavy (non-hydrogen) atoms. The van der Waals surface area contributed by atoms with Crippen molar-refractivity contribution < 1.29 is 13.9 Å². The van der Waals surface area contributed by atoms with Crippen LogP contribution >= 0.6 is 0 Å². The van der Waals surface area contributed by atoms with Gasteiger partial charge < -0.3 is 9.64 Å². The Labute approximate surface area is 212 Å². The molecule has 2 aliphatic rings. The average molecular weight is 492 g/mol. The first kappa shape index (κ1) is 26.7. The van der Waals surface area contributed by atoms with Gasteiger partial charge in [0, 0.05) is 32.3 Å². The van der Waals surface area contributed by atoms with Crippen molar-refractivity contribution in [3.63, 3.8) is 0 Å². The molecule has 1 fully saturated rings. The van der Waals surface area contributed by atoms with E-state index in [0.29, 0.717) is 24.5 Å². The van der Waals surface area contributed by atoms with Crippen molar-refractivity contribution in [2.24, 2.45) is 15.9 Å². The molecule has 190 valence electrons. The number of methoxy groups -OCH3 is 1. The van der Waals surface area contributed by atoms with Crippen molar-refractivity contribution >= 4 is 24.1 Å². The van der Waals surface area contributed by atoms with Crippen molar-refractivity contribution in [1.29, 1.82) is 0 Å². The van der Waals surface area contributed by atoms with E-state index in [2.05, 4.69) is 41.5 Å². The number of nitrogens with zero attached hydrogens (tertiary/aromatic N) is 5. The number of carbonyl (C=O) groups excluding carboxylic acids is 1. The van der Waals surface area contributed by atoms with Crippen molar-refractivity contribution in [2.45, 2.75) is 19.8 Å². The van der Waals surface area contributed by atoms with Gasteiger partial charge in [-0.15, -0.1) is 0 Å². The maximum absolute atomic E-state index is 13.5. The fraction of sp³-hybridized carbons (Fsp3) is 0.321. The fourth-order valence-electron chi connectivity index (χ4n) is 4.04. The number of likely N-dealkylation sites (N-methyl/N-ethyl adjacent to an activating group) is 1. The largest absolute Gasteiger partial charge is 0.497 e. The highest BCUT2D eigenvalue weighted by molar-refractivity contribution is 6.08. The highest BCUT2D eigenvalue weighted by Crippen LogP contribution is 2.29. The van der Waals surface area contributed by atoms with Gasteiger partial charge in [0.25, 0.3) is 5.91 Å². The lowest BCUT2D eigenvalue weighted by atomic mass is 9.97. The molecule has 2 aliphatic heterocycles. The highest BCUT2D eigenvalue weighted by Gasteiger charge is 2.34. The number of anilines is 1. The molecule has 0 spiro atoms. The van der Waals surface area contributed by atoms with Gasteiger partial charge in [-0.1, -0.05) is 30.9 Å². The SMILES string of the molecule is C=N/C(C)=C\N(C)C/C=C\C(C=CC(=C)OC)/C=C1\CCCN2C1=NCC(=O)N2c1ccc(F)cc1. The maximum atomic E-state index is 13.5. The monoisotopic (exact) mass is 491 g/mol. The number of amidine groups is 1. The minimum atomic E-state index is -0.340. The van der Waals surface area contributed by atoms with Crippen LogP contribution in [0.4, 0.5) is 10.1 Å². The number of rotatable bonds is 10. The number of hydrazine groups is 1. The van der Waals surface area contributed by atoms with Crippen molar-refractivity contribution in [3.05, 3.63) is 90.3 Å². The Balaban J connectivity index is 1.87. The van der Waals surface area contributed by atoms with Crippen LogP contribution < -0.4 is 5.01 Å². The average Bonchev–Trinajstić information content (AvgIpc) is 2.87. The second kappa shape index (κ2) is 12.7. The third kappa shape index (κ3) is 7.04. The Kier molecular flexibility index (Phi) is 9.39. The first-order chi connectivity index (χ1) is 17.3. The molecule has 3 rings (SSSR count). The van der Waals surface area contributed by atoms with Crippen LogP contribution in [0.1, 0.15) is 19.8 Å². The van der Waals surface area contributed by atoms with E-state index in [0.717, 1.165) is 29.9 Å². The van der Waals surface area contributed by atoms with Gasteiger partial charge in [0.2, 0.25) is 0 Å². The molecule has 1 saturated heterocycles. The molecule has 0 saturated carbocycles. The van der Waals surface area contributed by atoms with Crippen molar-refractivity contribution in [2.75, 3.05) is 38.8 Å². The van der Waals surface area contributed by atoms with E-state index in [1.54, 1.807) is 24.3 Å². The summed E-state index contributed by atoms with van der Waals surface area (Å²) in [6, 6.07) is 5.96. The Bertz CT molecular complexity index is 1120. The summed E-state index contributed by atoms with van der Waals surface area (Å²) >= 11 is 0. The van der Waals surface area contributed by atoms with Crippen molar-refractivity contribution in [3.8, 4) is 0 Å². The Morgan fingerprint density at radius 3 is 2.78 bits per heavy atom. The number of benzene rings is 1. The molecule has 0 N–H and O–H groups in total. The number of ether oxygens (including phenoxy) is 1. The summed E-state index contributed by atoms with van der Waals surface area (Å²) < 4.78 is 18.7. The lowest BCUT2D eigenvalue weighted by molar-refractivity contribution is -0.119. The molecule has 0 aromatic heterocycles. The Hall–Kier alpha value is -3.94. The van der Waals surface area contributed by atoms with Gasteiger partial charge in [-0.3, -0.25) is 19.8 Å². The zero-order chi connectivity index (χ0) is 26.1. The van der Waals surface area contributed by atoms with E-state index >= 15 is 0 Å². The number of aliphatic imine (C=N–C) groups is 2. The number of halogens is 1. The summed E-state index contributed by atoms with van der Waals surface area (Å²) in [5.74, 6) is 0.817. The zero-order valence-electron chi connectivity index (χ0n) is 21.2. The number of amides is 1. The van der Waals surface area contributed by atoms with E-state index < -0.39 is 0 Å². The molecule has 1 aromatic carbocycles. The zero-order valence-corrected chi connectivity index (χ0v) is 21.2. The molecule has 0 radical (unpaired) electrons. The Morgan fingerprint density at radius 1 is 1.33 bits per heavy atom. The van der Waals surface area contributed by atoms with Gasteiger partial charge in [-0.25, -0.2) is 9.40 Å². The molecular weight excluding hydrogens is 457 g/mol. The molecule has 0 bridgehead atoms. The number of allylic oxidation sites excluding steroid dienone is 5.